The van der Waals surface area contributed by atoms with Crippen molar-refractivity contribution in [2.45, 2.75) is 36.1 Å². The van der Waals surface area contributed by atoms with Gasteiger partial charge in [-0.25, -0.2) is 8.42 Å². The Hall–Kier alpha value is -0.910. The SMILES string of the molecule is NCC1(NCCC2CC2)CCS(=O)(=O)c2ccccc21. The van der Waals surface area contributed by atoms with Gasteiger partial charge in [-0.15, -0.1) is 0 Å². The first-order chi connectivity index (χ1) is 9.57. The predicted octanol–water partition coefficient (Wildman–Crippen LogP) is 1.41. The number of rotatable bonds is 5. The van der Waals surface area contributed by atoms with Crippen molar-refractivity contribution < 1.29 is 8.42 Å². The van der Waals surface area contributed by atoms with Gasteiger partial charge in [-0.2, -0.15) is 0 Å². The highest BCUT2D eigenvalue weighted by molar-refractivity contribution is 7.91. The third-order valence-electron chi connectivity index (χ3n) is 4.60. The maximum absolute atomic E-state index is 12.2. The second-order valence-electron chi connectivity index (χ2n) is 6.01. The number of benzene rings is 1. The van der Waals surface area contributed by atoms with Crippen molar-refractivity contribution in [2.75, 3.05) is 18.8 Å². The molecule has 1 aliphatic carbocycles. The molecule has 5 heteroatoms. The molecule has 1 aromatic carbocycles. The summed E-state index contributed by atoms with van der Waals surface area (Å²) in [5, 5.41) is 3.56. The van der Waals surface area contributed by atoms with E-state index in [-0.39, 0.29) is 11.3 Å². The first-order valence-electron chi connectivity index (χ1n) is 7.35. The summed E-state index contributed by atoms with van der Waals surface area (Å²) in [6.07, 6.45) is 4.40. The maximum Gasteiger partial charge on any atom is 0.178 e. The van der Waals surface area contributed by atoms with Crippen LogP contribution in [0.3, 0.4) is 0 Å². The lowest BCUT2D eigenvalue weighted by molar-refractivity contribution is 0.313. The fourth-order valence-corrected chi connectivity index (χ4v) is 4.80. The van der Waals surface area contributed by atoms with Crippen molar-refractivity contribution in [1.82, 2.24) is 5.32 Å². The molecule has 110 valence electrons. The minimum Gasteiger partial charge on any atom is -0.328 e. The van der Waals surface area contributed by atoms with E-state index in [9.17, 15) is 8.42 Å². The summed E-state index contributed by atoms with van der Waals surface area (Å²) >= 11 is 0. The Labute approximate surface area is 120 Å². The quantitative estimate of drug-likeness (QED) is 0.861. The van der Waals surface area contributed by atoms with Gasteiger partial charge in [0.1, 0.15) is 0 Å². The number of nitrogens with two attached hydrogens (primary N) is 1. The van der Waals surface area contributed by atoms with Crippen molar-refractivity contribution >= 4 is 9.84 Å². The molecule has 1 unspecified atom stereocenters. The zero-order valence-electron chi connectivity index (χ0n) is 11.6. The molecule has 1 aromatic rings. The van der Waals surface area contributed by atoms with Crippen LogP contribution in [0.15, 0.2) is 29.2 Å². The third kappa shape index (κ3) is 2.50. The van der Waals surface area contributed by atoms with Crippen LogP contribution in [0.2, 0.25) is 0 Å². The lowest BCUT2D eigenvalue weighted by Crippen LogP contribution is -2.52. The van der Waals surface area contributed by atoms with E-state index in [0.29, 0.717) is 17.9 Å². The Kier molecular flexibility index (Phi) is 3.60. The molecular weight excluding hydrogens is 272 g/mol. The highest BCUT2D eigenvalue weighted by Crippen LogP contribution is 2.37. The Morgan fingerprint density at radius 2 is 2.05 bits per heavy atom. The molecule has 3 rings (SSSR count). The number of hydrogen-bond acceptors (Lipinski definition) is 4. The summed E-state index contributed by atoms with van der Waals surface area (Å²) in [5.41, 5.74) is 6.49. The Morgan fingerprint density at radius 3 is 2.75 bits per heavy atom. The van der Waals surface area contributed by atoms with Gasteiger partial charge >= 0.3 is 0 Å². The van der Waals surface area contributed by atoms with Crippen LogP contribution >= 0.6 is 0 Å². The van der Waals surface area contributed by atoms with E-state index in [1.807, 2.05) is 12.1 Å². The summed E-state index contributed by atoms with van der Waals surface area (Å²) in [4.78, 5) is 0.454. The first-order valence-corrected chi connectivity index (χ1v) is 9.00. The molecule has 20 heavy (non-hydrogen) atoms. The molecule has 1 saturated carbocycles. The lowest BCUT2D eigenvalue weighted by atomic mass is 9.86. The van der Waals surface area contributed by atoms with Crippen LogP contribution in [0.1, 0.15) is 31.2 Å². The zero-order chi connectivity index (χ0) is 14.2. The van der Waals surface area contributed by atoms with Gasteiger partial charge in [0, 0.05) is 6.54 Å². The van der Waals surface area contributed by atoms with E-state index < -0.39 is 9.84 Å². The summed E-state index contributed by atoms with van der Waals surface area (Å²) < 4.78 is 24.4. The summed E-state index contributed by atoms with van der Waals surface area (Å²) in [5.74, 6) is 1.04. The molecule has 0 spiro atoms. The van der Waals surface area contributed by atoms with Crippen LogP contribution < -0.4 is 11.1 Å². The highest BCUT2D eigenvalue weighted by Gasteiger charge is 2.40. The van der Waals surface area contributed by atoms with Crippen LogP contribution in [0.5, 0.6) is 0 Å². The van der Waals surface area contributed by atoms with Gasteiger partial charge in [0.15, 0.2) is 9.84 Å². The summed E-state index contributed by atoms with van der Waals surface area (Å²) in [6.45, 7) is 1.35. The molecule has 2 aliphatic rings. The van der Waals surface area contributed by atoms with Gasteiger partial charge in [0.25, 0.3) is 0 Å². The summed E-state index contributed by atoms with van der Waals surface area (Å²) in [7, 11) is -3.15. The second-order valence-corrected chi connectivity index (χ2v) is 8.09. The lowest BCUT2D eigenvalue weighted by Gasteiger charge is -2.39. The number of sulfone groups is 1. The van der Waals surface area contributed by atoms with Crippen LogP contribution in [-0.4, -0.2) is 27.3 Å². The third-order valence-corrected chi connectivity index (χ3v) is 6.36. The predicted molar refractivity (Wildman–Crippen MR) is 79.2 cm³/mol. The number of nitrogens with one attached hydrogen (secondary N) is 1. The fraction of sp³-hybridized carbons (Fsp3) is 0.600. The zero-order valence-corrected chi connectivity index (χ0v) is 12.5. The van der Waals surface area contributed by atoms with Crippen LogP contribution in [0.4, 0.5) is 0 Å². The average molecular weight is 294 g/mol. The Morgan fingerprint density at radius 1 is 1.30 bits per heavy atom. The number of fused-ring (bicyclic) bond motifs is 1. The van der Waals surface area contributed by atoms with Crippen molar-refractivity contribution in [3.05, 3.63) is 29.8 Å². The molecule has 1 atom stereocenters. The standard InChI is InChI=1S/C15H22N2O2S/c16-11-15(17-9-7-12-5-6-12)8-10-20(18,19)14-4-2-1-3-13(14)15/h1-4,12,17H,5-11,16H2. The van der Waals surface area contributed by atoms with Crippen molar-refractivity contribution in [2.24, 2.45) is 11.7 Å². The smallest absolute Gasteiger partial charge is 0.178 e. The summed E-state index contributed by atoms with van der Waals surface area (Å²) in [6, 6.07) is 7.29. The van der Waals surface area contributed by atoms with E-state index in [2.05, 4.69) is 5.32 Å². The molecule has 0 saturated heterocycles. The average Bonchev–Trinajstić information content (AvgIpc) is 3.26. The minimum absolute atomic E-state index is 0.178. The molecular formula is C15H22N2O2S. The minimum atomic E-state index is -3.15. The van der Waals surface area contributed by atoms with Crippen molar-refractivity contribution in [1.29, 1.82) is 0 Å². The normalized spacial score (nSPS) is 28.1. The molecule has 4 nitrogen and oxygen atoms in total. The van der Waals surface area contributed by atoms with Gasteiger partial charge in [0.05, 0.1) is 16.2 Å². The molecule has 0 aromatic heterocycles. The van der Waals surface area contributed by atoms with Gasteiger partial charge in [-0.05, 0) is 36.9 Å². The Bertz CT molecular complexity index is 596. The van der Waals surface area contributed by atoms with Crippen molar-refractivity contribution in [3.63, 3.8) is 0 Å². The molecule has 0 amide bonds. The van der Waals surface area contributed by atoms with E-state index in [1.165, 1.54) is 12.8 Å². The molecule has 0 radical (unpaired) electrons. The van der Waals surface area contributed by atoms with Gasteiger partial charge < -0.3 is 11.1 Å². The van der Waals surface area contributed by atoms with E-state index in [4.69, 9.17) is 5.73 Å². The maximum atomic E-state index is 12.2. The van der Waals surface area contributed by atoms with Gasteiger partial charge in [-0.3, -0.25) is 0 Å². The molecule has 1 aliphatic heterocycles. The molecule has 0 bridgehead atoms. The van der Waals surface area contributed by atoms with E-state index in [0.717, 1.165) is 24.4 Å². The van der Waals surface area contributed by atoms with Gasteiger partial charge in [0.2, 0.25) is 0 Å². The van der Waals surface area contributed by atoms with E-state index >= 15 is 0 Å². The second kappa shape index (κ2) is 5.13. The van der Waals surface area contributed by atoms with Crippen LogP contribution in [0, 0.1) is 5.92 Å². The fourth-order valence-electron chi connectivity index (χ4n) is 3.08. The monoisotopic (exact) mass is 294 g/mol. The highest BCUT2D eigenvalue weighted by atomic mass is 32.2. The van der Waals surface area contributed by atoms with Crippen molar-refractivity contribution in [3.8, 4) is 0 Å². The van der Waals surface area contributed by atoms with Crippen LogP contribution in [-0.2, 0) is 15.4 Å². The first kappa shape index (κ1) is 14.0. The molecule has 3 N–H and O–H groups in total. The topological polar surface area (TPSA) is 72.2 Å². The Balaban J connectivity index is 1.90. The molecule has 1 fully saturated rings. The van der Waals surface area contributed by atoms with Crippen LogP contribution in [0.25, 0.3) is 0 Å². The molecule has 1 heterocycles. The van der Waals surface area contributed by atoms with E-state index in [1.54, 1.807) is 12.1 Å². The van der Waals surface area contributed by atoms with Gasteiger partial charge in [-0.1, -0.05) is 31.0 Å². The number of hydrogen-bond donors (Lipinski definition) is 2. The largest absolute Gasteiger partial charge is 0.328 e.